The predicted octanol–water partition coefficient (Wildman–Crippen LogP) is 8.79. The summed E-state index contributed by atoms with van der Waals surface area (Å²) in [6.07, 6.45) is 21.4. The maximum Gasteiger partial charge on any atom is 0.0105 e. The van der Waals surface area contributed by atoms with Crippen molar-refractivity contribution in [1.29, 1.82) is 0 Å². The summed E-state index contributed by atoms with van der Waals surface area (Å²) in [5, 5.41) is 3.89. The quantitative estimate of drug-likeness (QED) is 0.278. The Balaban J connectivity index is 1.42. The van der Waals surface area contributed by atoms with Crippen LogP contribution in [0.1, 0.15) is 125 Å². The van der Waals surface area contributed by atoms with Crippen LogP contribution in [0, 0.1) is 46.3 Å². The molecule has 0 spiro atoms. The molecule has 8 atom stereocenters. The summed E-state index contributed by atoms with van der Waals surface area (Å²) in [6.45, 7) is 16.3. The highest BCUT2D eigenvalue weighted by atomic mass is 14.9. The Labute approximate surface area is 201 Å². The molecule has 0 bridgehead atoms. The molecule has 0 radical (unpaired) electrons. The molecular weight excluding hydrogens is 386 g/mol. The maximum atomic E-state index is 3.89. The molecule has 184 valence electrons. The van der Waals surface area contributed by atoms with Crippen LogP contribution in [0.3, 0.4) is 0 Å². The van der Waals surface area contributed by atoms with Crippen molar-refractivity contribution in [2.45, 2.75) is 131 Å². The molecule has 0 saturated heterocycles. The van der Waals surface area contributed by atoms with E-state index in [1.165, 1.54) is 90.0 Å². The molecular formula is C31H55N. The summed E-state index contributed by atoms with van der Waals surface area (Å²) in [4.78, 5) is 0. The number of unbranched alkanes of at least 4 members (excludes halogenated alkanes) is 1. The Hall–Kier alpha value is -0.300. The van der Waals surface area contributed by atoms with Gasteiger partial charge in [0.1, 0.15) is 0 Å². The van der Waals surface area contributed by atoms with Crippen LogP contribution in [-0.4, -0.2) is 12.6 Å². The van der Waals surface area contributed by atoms with E-state index in [1.54, 1.807) is 0 Å². The molecule has 0 heterocycles. The van der Waals surface area contributed by atoms with Gasteiger partial charge >= 0.3 is 0 Å². The van der Waals surface area contributed by atoms with Crippen molar-refractivity contribution in [1.82, 2.24) is 5.32 Å². The molecule has 0 aliphatic heterocycles. The minimum atomic E-state index is 0.508. The van der Waals surface area contributed by atoms with Gasteiger partial charge in [0.05, 0.1) is 0 Å². The third kappa shape index (κ3) is 4.63. The van der Waals surface area contributed by atoms with Crippen LogP contribution in [0.2, 0.25) is 0 Å². The fourth-order valence-electron chi connectivity index (χ4n) is 9.34. The highest BCUT2D eigenvalue weighted by molar-refractivity contribution is 5.26. The lowest BCUT2D eigenvalue weighted by Crippen LogP contribution is -2.51. The summed E-state index contributed by atoms with van der Waals surface area (Å²) >= 11 is 0. The van der Waals surface area contributed by atoms with Crippen LogP contribution >= 0.6 is 0 Å². The van der Waals surface area contributed by atoms with E-state index in [2.05, 4.69) is 52.9 Å². The smallest absolute Gasteiger partial charge is 0.0105 e. The normalized spacial score (nSPS) is 42.2. The van der Waals surface area contributed by atoms with Crippen LogP contribution in [0.5, 0.6) is 0 Å². The summed E-state index contributed by atoms with van der Waals surface area (Å²) in [7, 11) is 0. The van der Waals surface area contributed by atoms with Crippen LogP contribution < -0.4 is 5.32 Å². The van der Waals surface area contributed by atoms with E-state index in [-0.39, 0.29) is 0 Å². The molecule has 4 rings (SSSR count). The number of allylic oxidation sites excluding steroid dienone is 1. The number of hydrogen-bond acceptors (Lipinski definition) is 1. The zero-order valence-electron chi connectivity index (χ0n) is 22.5. The van der Waals surface area contributed by atoms with Gasteiger partial charge in [0.2, 0.25) is 0 Å². The van der Waals surface area contributed by atoms with Crippen molar-refractivity contribution in [2.75, 3.05) is 6.54 Å². The van der Waals surface area contributed by atoms with Gasteiger partial charge in [-0.2, -0.15) is 0 Å². The monoisotopic (exact) mass is 441 g/mol. The first-order valence-corrected chi connectivity index (χ1v) is 14.7. The van der Waals surface area contributed by atoms with Gasteiger partial charge in [-0.1, -0.05) is 78.9 Å². The Bertz CT molecular complexity index is 649. The highest BCUT2D eigenvalue weighted by Gasteiger charge is 2.59. The number of fused-ring (bicyclic) bond motifs is 5. The van der Waals surface area contributed by atoms with E-state index in [0.29, 0.717) is 10.8 Å². The van der Waals surface area contributed by atoms with Crippen molar-refractivity contribution in [3.8, 4) is 0 Å². The predicted molar refractivity (Wildman–Crippen MR) is 140 cm³/mol. The van der Waals surface area contributed by atoms with Gasteiger partial charge in [0, 0.05) is 6.04 Å². The van der Waals surface area contributed by atoms with Crippen LogP contribution in [0.4, 0.5) is 0 Å². The number of hydrogen-bond donors (Lipinski definition) is 1. The molecule has 1 heteroatoms. The van der Waals surface area contributed by atoms with Gasteiger partial charge in [-0.25, -0.2) is 0 Å². The Kier molecular flexibility index (Phi) is 7.86. The molecule has 3 saturated carbocycles. The van der Waals surface area contributed by atoms with Crippen molar-refractivity contribution >= 4 is 0 Å². The second kappa shape index (κ2) is 10.1. The molecule has 4 aliphatic carbocycles. The first-order chi connectivity index (χ1) is 15.3. The van der Waals surface area contributed by atoms with E-state index >= 15 is 0 Å². The van der Waals surface area contributed by atoms with E-state index in [9.17, 15) is 0 Å². The van der Waals surface area contributed by atoms with Crippen molar-refractivity contribution in [2.24, 2.45) is 46.3 Å². The van der Waals surface area contributed by atoms with Gasteiger partial charge in [0.15, 0.2) is 0 Å². The second-order valence-electron chi connectivity index (χ2n) is 13.5. The highest BCUT2D eigenvalue weighted by Crippen LogP contribution is 2.67. The van der Waals surface area contributed by atoms with Gasteiger partial charge < -0.3 is 5.32 Å². The zero-order valence-corrected chi connectivity index (χ0v) is 22.5. The van der Waals surface area contributed by atoms with Crippen LogP contribution in [-0.2, 0) is 0 Å². The lowest BCUT2D eigenvalue weighted by atomic mass is 9.47. The molecule has 0 aromatic heterocycles. The van der Waals surface area contributed by atoms with Gasteiger partial charge in [-0.3, -0.25) is 0 Å². The van der Waals surface area contributed by atoms with Crippen LogP contribution in [0.25, 0.3) is 0 Å². The van der Waals surface area contributed by atoms with Crippen molar-refractivity contribution in [3.05, 3.63) is 11.6 Å². The third-order valence-corrected chi connectivity index (χ3v) is 11.3. The fraction of sp³-hybridized carbons (Fsp3) is 0.935. The SMILES string of the molecule is CCCCN[C@H]1CCC2(C)C(=CC[C@H]3C2CCC2(C)C([C@H](C)CCCC(C)C)CC[C@@H]32)C1. The summed E-state index contributed by atoms with van der Waals surface area (Å²) in [5.41, 5.74) is 2.98. The average Bonchev–Trinajstić information content (AvgIpc) is 3.11. The molecule has 0 amide bonds. The standard InChI is InChI=1S/C31H55N/c1-7-8-20-32-25-16-18-30(5)24(21-25)12-13-26-28-15-14-27(23(4)11-9-10-22(2)3)31(28,6)19-17-29(26)30/h12,22-23,25-29,32H,7-11,13-21H2,1-6H3/t23-,25+,26-,27?,28+,29?,30?,31?/m1/s1. The lowest BCUT2D eigenvalue weighted by molar-refractivity contribution is -0.0514. The molecule has 32 heavy (non-hydrogen) atoms. The third-order valence-electron chi connectivity index (χ3n) is 11.3. The second-order valence-corrected chi connectivity index (χ2v) is 13.5. The molecule has 1 N–H and O–H groups in total. The Morgan fingerprint density at radius 3 is 2.53 bits per heavy atom. The summed E-state index contributed by atoms with van der Waals surface area (Å²) < 4.78 is 0. The largest absolute Gasteiger partial charge is 0.314 e. The first-order valence-electron chi connectivity index (χ1n) is 14.7. The fourth-order valence-corrected chi connectivity index (χ4v) is 9.34. The first kappa shape index (κ1) is 24.8. The van der Waals surface area contributed by atoms with E-state index in [1.807, 2.05) is 5.57 Å². The molecule has 0 aromatic rings. The van der Waals surface area contributed by atoms with E-state index < -0.39 is 0 Å². The number of rotatable bonds is 9. The molecule has 4 aliphatic rings. The topological polar surface area (TPSA) is 12.0 Å². The lowest BCUT2D eigenvalue weighted by Gasteiger charge is -2.58. The zero-order chi connectivity index (χ0) is 22.9. The average molecular weight is 442 g/mol. The van der Waals surface area contributed by atoms with E-state index in [4.69, 9.17) is 0 Å². The van der Waals surface area contributed by atoms with Crippen molar-refractivity contribution in [3.63, 3.8) is 0 Å². The van der Waals surface area contributed by atoms with Gasteiger partial charge in [0.25, 0.3) is 0 Å². The molecule has 0 aromatic carbocycles. The maximum absolute atomic E-state index is 3.89. The minimum Gasteiger partial charge on any atom is -0.314 e. The summed E-state index contributed by atoms with van der Waals surface area (Å²) in [5.74, 6) is 5.71. The number of nitrogens with one attached hydrogen (secondary N) is 1. The Morgan fingerprint density at radius 2 is 1.78 bits per heavy atom. The summed E-state index contributed by atoms with van der Waals surface area (Å²) in [6, 6.07) is 0.744. The molecule has 3 fully saturated rings. The van der Waals surface area contributed by atoms with Crippen LogP contribution in [0.15, 0.2) is 11.6 Å². The molecule has 1 nitrogen and oxygen atoms in total. The van der Waals surface area contributed by atoms with Gasteiger partial charge in [-0.05, 0) is 111 Å². The van der Waals surface area contributed by atoms with Gasteiger partial charge in [-0.15, -0.1) is 0 Å². The minimum absolute atomic E-state index is 0.508. The Morgan fingerprint density at radius 1 is 0.969 bits per heavy atom. The van der Waals surface area contributed by atoms with Crippen molar-refractivity contribution < 1.29 is 0 Å². The van der Waals surface area contributed by atoms with E-state index in [0.717, 1.165) is 41.5 Å². The molecule has 4 unspecified atom stereocenters.